The number of hydrogen-bond donors (Lipinski definition) is 4. The number of aliphatic hydroxyl groups excluding tert-OH is 1. The van der Waals surface area contributed by atoms with Crippen LogP contribution in [0.3, 0.4) is 0 Å². The lowest BCUT2D eigenvalue weighted by molar-refractivity contribution is -0.192. The minimum absolute atomic E-state index is 0.0655. The Morgan fingerprint density at radius 2 is 2.03 bits per heavy atom. The van der Waals surface area contributed by atoms with E-state index in [1.807, 2.05) is 11.8 Å². The number of halogens is 4. The Morgan fingerprint density at radius 3 is 2.57 bits per heavy atom. The van der Waals surface area contributed by atoms with Crippen molar-refractivity contribution in [3.8, 4) is 0 Å². The third-order valence-electron chi connectivity index (χ3n) is 6.16. The highest BCUT2D eigenvalue weighted by Crippen LogP contribution is 2.29. The van der Waals surface area contributed by atoms with E-state index in [9.17, 15) is 18.3 Å². The molecule has 3 heterocycles. The summed E-state index contributed by atoms with van der Waals surface area (Å²) in [6, 6.07) is 0. The third kappa shape index (κ3) is 9.04. The lowest BCUT2D eigenvalue weighted by Gasteiger charge is -2.37. The molecule has 0 radical (unpaired) electrons. The zero-order valence-corrected chi connectivity index (χ0v) is 20.2. The second-order valence-corrected chi connectivity index (χ2v) is 9.38. The highest BCUT2D eigenvalue weighted by atomic mass is 19.4. The number of carboxylic acid groups (broad SMARTS) is 1. The van der Waals surface area contributed by atoms with E-state index in [-0.39, 0.29) is 17.3 Å². The number of anilines is 2. The van der Waals surface area contributed by atoms with Crippen LogP contribution in [-0.4, -0.2) is 83.4 Å². The molecule has 3 rings (SSSR count). The van der Waals surface area contributed by atoms with E-state index in [1.165, 1.54) is 6.33 Å². The number of carboxylic acids is 1. The smallest absolute Gasteiger partial charge is 0.475 e. The summed E-state index contributed by atoms with van der Waals surface area (Å²) in [6.07, 6.45) is -1.18. The summed E-state index contributed by atoms with van der Waals surface area (Å²) >= 11 is 0. The van der Waals surface area contributed by atoms with Gasteiger partial charge in [0.15, 0.2) is 11.6 Å². The molecule has 0 bridgehead atoms. The molecule has 0 unspecified atom stereocenters. The number of aliphatic carboxylic acids is 1. The third-order valence-corrected chi connectivity index (χ3v) is 6.16. The number of nitrogens with one attached hydrogen (secondary N) is 2. The van der Waals surface area contributed by atoms with E-state index in [0.717, 1.165) is 25.8 Å². The molecule has 0 aliphatic carbocycles. The molecule has 2 fully saturated rings. The van der Waals surface area contributed by atoms with E-state index in [0.29, 0.717) is 44.5 Å². The minimum Gasteiger partial charge on any atom is -0.475 e. The van der Waals surface area contributed by atoms with Gasteiger partial charge in [-0.25, -0.2) is 14.8 Å². The average molecular weight is 510 g/mol. The molecule has 35 heavy (non-hydrogen) atoms. The Bertz CT molecular complexity index is 818. The molecule has 2 aliphatic rings. The van der Waals surface area contributed by atoms with Crippen LogP contribution < -0.4 is 15.5 Å². The Morgan fingerprint density at radius 1 is 1.34 bits per heavy atom. The molecular formula is C22H35F4N5O4. The maximum atomic E-state index is 15.1. The Kier molecular flexibility index (Phi) is 10.5. The van der Waals surface area contributed by atoms with Crippen molar-refractivity contribution < 1.29 is 37.3 Å². The van der Waals surface area contributed by atoms with Crippen LogP contribution in [0.1, 0.15) is 40.0 Å². The first-order valence-corrected chi connectivity index (χ1v) is 11.7. The van der Waals surface area contributed by atoms with Gasteiger partial charge in [-0.3, -0.25) is 0 Å². The maximum absolute atomic E-state index is 15.1. The Balaban J connectivity index is 0.000000540. The number of hydrogen-bond acceptors (Lipinski definition) is 8. The van der Waals surface area contributed by atoms with Crippen LogP contribution in [-0.2, 0) is 9.53 Å². The number of alkyl halides is 3. The molecule has 13 heteroatoms. The SMILES string of the molecule is CCN(C[C@@H]1CCC(C)(C)OC1)c1ncnc(NC[C@H]2CCNC[C@@H]2O)c1F.O=C(O)C(F)(F)F. The number of aromatic nitrogens is 2. The summed E-state index contributed by atoms with van der Waals surface area (Å²) in [6.45, 7) is 10.2. The number of nitrogens with zero attached hydrogens (tertiary/aromatic N) is 3. The fourth-order valence-corrected chi connectivity index (χ4v) is 3.94. The predicted octanol–water partition coefficient (Wildman–Crippen LogP) is 2.66. The van der Waals surface area contributed by atoms with Crippen molar-refractivity contribution >= 4 is 17.6 Å². The van der Waals surface area contributed by atoms with E-state index < -0.39 is 24.1 Å². The lowest BCUT2D eigenvalue weighted by atomic mass is 9.91. The number of piperidine rings is 1. The molecule has 200 valence electrons. The number of aliphatic hydroxyl groups is 1. The van der Waals surface area contributed by atoms with Crippen LogP contribution in [0.4, 0.5) is 29.2 Å². The largest absolute Gasteiger partial charge is 0.490 e. The Hall–Kier alpha value is -2.25. The number of ether oxygens (including phenoxy) is 1. The van der Waals surface area contributed by atoms with Crippen LogP contribution >= 0.6 is 0 Å². The number of rotatable bonds is 7. The molecule has 1 aromatic heterocycles. The quantitative estimate of drug-likeness (QED) is 0.411. The zero-order valence-electron chi connectivity index (χ0n) is 20.2. The van der Waals surface area contributed by atoms with E-state index >= 15 is 4.39 Å². The Labute approximate surface area is 202 Å². The van der Waals surface area contributed by atoms with Crippen molar-refractivity contribution in [2.75, 3.05) is 49.5 Å². The topological polar surface area (TPSA) is 120 Å². The fourth-order valence-electron chi connectivity index (χ4n) is 3.94. The summed E-state index contributed by atoms with van der Waals surface area (Å²) in [7, 11) is 0. The second kappa shape index (κ2) is 12.6. The van der Waals surface area contributed by atoms with Gasteiger partial charge >= 0.3 is 12.1 Å². The summed E-state index contributed by atoms with van der Waals surface area (Å²) in [5, 5.41) is 23.4. The zero-order chi connectivity index (χ0) is 26.2. The summed E-state index contributed by atoms with van der Waals surface area (Å²) in [4.78, 5) is 19.2. The first kappa shape index (κ1) is 29.0. The molecule has 9 nitrogen and oxygen atoms in total. The number of carbonyl (C=O) groups is 1. The van der Waals surface area contributed by atoms with Crippen molar-refractivity contribution in [2.45, 2.75) is 57.9 Å². The fraction of sp³-hybridized carbons (Fsp3) is 0.773. The average Bonchev–Trinajstić information content (AvgIpc) is 2.79. The van der Waals surface area contributed by atoms with Gasteiger partial charge in [-0.1, -0.05) is 0 Å². The normalized spacial score (nSPS) is 24.2. The first-order chi connectivity index (χ1) is 16.3. The molecule has 4 N–H and O–H groups in total. The molecule has 1 aromatic rings. The highest BCUT2D eigenvalue weighted by Gasteiger charge is 2.38. The number of β-amino-alcohol motifs (C(OH)–C–C–N with tert-alkyl or cyclic N) is 1. The van der Waals surface area contributed by atoms with Crippen LogP contribution in [0, 0.1) is 17.7 Å². The molecule has 0 aromatic carbocycles. The maximum Gasteiger partial charge on any atom is 0.490 e. The van der Waals surface area contributed by atoms with Crippen LogP contribution in [0.5, 0.6) is 0 Å². The van der Waals surface area contributed by atoms with Crippen LogP contribution in [0.15, 0.2) is 6.33 Å². The van der Waals surface area contributed by atoms with Gasteiger partial charge in [0.25, 0.3) is 0 Å². The molecule has 2 aliphatic heterocycles. The standard InChI is InChI=1S/C20H34FN5O2.C2HF3O2/c1-4-26(11-14-5-7-20(2,3)28-12-14)19-17(21)18(24-13-25-19)23-9-15-6-8-22-10-16(15)27;3-2(4,5)1(6)7/h13-16,22,27H,4-12H2,1-3H3,(H,23,24,25);(H,6,7)/t14-,15+,16-;/m0./s1. The molecule has 2 saturated heterocycles. The van der Waals surface area contributed by atoms with Gasteiger partial charge in [0.2, 0.25) is 5.82 Å². The molecule has 0 spiro atoms. The monoisotopic (exact) mass is 509 g/mol. The highest BCUT2D eigenvalue weighted by molar-refractivity contribution is 5.73. The van der Waals surface area contributed by atoms with E-state index in [1.54, 1.807) is 0 Å². The van der Waals surface area contributed by atoms with Gasteiger partial charge in [0, 0.05) is 32.1 Å². The van der Waals surface area contributed by atoms with Gasteiger partial charge in [-0.15, -0.1) is 0 Å². The van der Waals surface area contributed by atoms with Crippen LogP contribution in [0.25, 0.3) is 0 Å². The van der Waals surface area contributed by atoms with Gasteiger partial charge < -0.3 is 30.5 Å². The molecule has 3 atom stereocenters. The van der Waals surface area contributed by atoms with Gasteiger partial charge in [0.1, 0.15) is 6.33 Å². The van der Waals surface area contributed by atoms with Crippen molar-refractivity contribution in [3.05, 3.63) is 12.1 Å². The summed E-state index contributed by atoms with van der Waals surface area (Å²) < 4.78 is 52.8. The molecule has 0 amide bonds. The molecule has 0 saturated carbocycles. The van der Waals surface area contributed by atoms with E-state index in [2.05, 4.69) is 34.4 Å². The second-order valence-electron chi connectivity index (χ2n) is 9.38. The van der Waals surface area contributed by atoms with Gasteiger partial charge in [-0.05, 0) is 52.5 Å². The minimum atomic E-state index is -5.08. The van der Waals surface area contributed by atoms with Crippen molar-refractivity contribution in [1.29, 1.82) is 0 Å². The van der Waals surface area contributed by atoms with Gasteiger partial charge in [-0.2, -0.15) is 17.6 Å². The van der Waals surface area contributed by atoms with E-state index in [4.69, 9.17) is 14.6 Å². The van der Waals surface area contributed by atoms with Crippen LogP contribution in [0.2, 0.25) is 0 Å². The van der Waals surface area contributed by atoms with Gasteiger partial charge in [0.05, 0.1) is 18.3 Å². The summed E-state index contributed by atoms with van der Waals surface area (Å²) in [5.74, 6) is -2.20. The van der Waals surface area contributed by atoms with Crippen molar-refractivity contribution in [2.24, 2.45) is 11.8 Å². The lowest BCUT2D eigenvalue weighted by Crippen LogP contribution is -2.43. The predicted molar refractivity (Wildman–Crippen MR) is 122 cm³/mol. The van der Waals surface area contributed by atoms with Crippen molar-refractivity contribution in [3.63, 3.8) is 0 Å². The first-order valence-electron chi connectivity index (χ1n) is 11.7. The summed E-state index contributed by atoms with van der Waals surface area (Å²) in [5.41, 5.74) is -0.0655. The molecular weight excluding hydrogens is 474 g/mol. The van der Waals surface area contributed by atoms with Crippen molar-refractivity contribution in [1.82, 2.24) is 15.3 Å².